The van der Waals surface area contributed by atoms with E-state index in [1.807, 2.05) is 37.3 Å². The van der Waals surface area contributed by atoms with Crippen molar-refractivity contribution in [2.45, 2.75) is 84.5 Å². The van der Waals surface area contributed by atoms with Gasteiger partial charge in [-0.2, -0.15) is 5.48 Å². The molecule has 2 heterocycles. The zero-order chi connectivity index (χ0) is 25.2. The van der Waals surface area contributed by atoms with Gasteiger partial charge in [-0.05, 0) is 57.9 Å². The van der Waals surface area contributed by atoms with Crippen LogP contribution in [0.1, 0.15) is 65.4 Å². The molecule has 0 unspecified atom stereocenters. The van der Waals surface area contributed by atoms with Crippen LogP contribution in [0.5, 0.6) is 0 Å². The first kappa shape index (κ1) is 29.6. The maximum Gasteiger partial charge on any atom is 0.328 e. The number of carbonyl (C=O) groups is 3. The summed E-state index contributed by atoms with van der Waals surface area (Å²) in [7, 11) is 1.79. The molecule has 1 N–H and O–H groups in total. The van der Waals surface area contributed by atoms with E-state index in [1.165, 1.54) is 0 Å². The van der Waals surface area contributed by atoms with E-state index in [1.54, 1.807) is 23.8 Å². The summed E-state index contributed by atoms with van der Waals surface area (Å²) in [5.74, 6) is -0.238. The van der Waals surface area contributed by atoms with Crippen molar-refractivity contribution in [1.29, 1.82) is 0 Å². The molecule has 3 fully saturated rings. The minimum atomic E-state index is -0.362. The summed E-state index contributed by atoms with van der Waals surface area (Å²) < 4.78 is 10.0. The minimum absolute atomic E-state index is 0. The number of benzene rings is 1. The first-order chi connectivity index (χ1) is 16.9. The van der Waals surface area contributed by atoms with Gasteiger partial charge in [0.1, 0.15) is 6.04 Å². The van der Waals surface area contributed by atoms with E-state index in [-0.39, 0.29) is 43.4 Å². The summed E-state index contributed by atoms with van der Waals surface area (Å²) in [5, 5.41) is 0. The van der Waals surface area contributed by atoms with Crippen molar-refractivity contribution in [1.82, 2.24) is 15.3 Å². The molecule has 1 saturated carbocycles. The summed E-state index contributed by atoms with van der Waals surface area (Å²) in [6.07, 6.45) is 5.29. The van der Waals surface area contributed by atoms with E-state index in [0.29, 0.717) is 32.4 Å². The van der Waals surface area contributed by atoms with E-state index in [2.05, 4.69) is 5.48 Å². The highest BCUT2D eigenvalue weighted by atomic mass is 16.6. The number of likely N-dealkylation sites (N-methyl/N-ethyl adjacent to an activating group) is 1. The zero-order valence-corrected chi connectivity index (χ0v) is 21.1. The summed E-state index contributed by atoms with van der Waals surface area (Å²) >= 11 is 0. The van der Waals surface area contributed by atoms with Crippen molar-refractivity contribution < 1.29 is 28.7 Å². The molecule has 36 heavy (non-hydrogen) atoms. The van der Waals surface area contributed by atoms with Gasteiger partial charge in [0, 0.05) is 19.6 Å². The highest BCUT2D eigenvalue weighted by Crippen LogP contribution is 2.29. The highest BCUT2D eigenvalue weighted by Gasteiger charge is 2.45. The Balaban J connectivity index is 0.000000256. The molecule has 1 aromatic rings. The molecule has 0 radical (unpaired) electrons. The molecular weight excluding hydrogens is 462 g/mol. The first-order valence-electron chi connectivity index (χ1n) is 12.7. The monoisotopic (exact) mass is 505 g/mol. The normalized spacial score (nSPS) is 24.8. The fraction of sp³-hybridized carbons (Fsp3) is 0.667. The van der Waals surface area contributed by atoms with Gasteiger partial charge < -0.3 is 19.3 Å². The SMILES string of the molecule is C.CCOC(=O)C1CCC(NOCc2ccccc2)CC1.CCOC(=O)[C@@H]1CC[C@@H]2CN1C(=O)N2C. The van der Waals surface area contributed by atoms with Crippen LogP contribution >= 0.6 is 0 Å². The number of hydroxylamine groups is 1. The number of urea groups is 1. The quantitative estimate of drug-likeness (QED) is 0.423. The van der Waals surface area contributed by atoms with Gasteiger partial charge in [0.25, 0.3) is 0 Å². The molecule has 1 aliphatic carbocycles. The van der Waals surface area contributed by atoms with Crippen molar-refractivity contribution in [2.75, 3.05) is 26.8 Å². The second-order valence-electron chi connectivity index (χ2n) is 9.24. The highest BCUT2D eigenvalue weighted by molar-refractivity contribution is 5.85. The van der Waals surface area contributed by atoms with Crippen LogP contribution in [0.25, 0.3) is 0 Å². The number of nitrogens with zero attached hydrogens (tertiary/aromatic N) is 2. The molecule has 2 bridgehead atoms. The van der Waals surface area contributed by atoms with Gasteiger partial charge in [-0.1, -0.05) is 37.8 Å². The van der Waals surface area contributed by atoms with E-state index in [9.17, 15) is 14.4 Å². The lowest BCUT2D eigenvalue weighted by Crippen LogP contribution is -2.45. The van der Waals surface area contributed by atoms with Gasteiger partial charge in [-0.15, -0.1) is 0 Å². The zero-order valence-electron chi connectivity index (χ0n) is 21.1. The van der Waals surface area contributed by atoms with Gasteiger partial charge in [0.15, 0.2) is 0 Å². The Bertz CT molecular complexity index is 828. The smallest absolute Gasteiger partial charge is 0.328 e. The van der Waals surface area contributed by atoms with Crippen LogP contribution in [-0.4, -0.2) is 72.7 Å². The maximum atomic E-state index is 11.7. The number of esters is 2. The van der Waals surface area contributed by atoms with E-state index in [0.717, 1.165) is 44.1 Å². The molecule has 0 spiro atoms. The van der Waals surface area contributed by atoms with Gasteiger partial charge >= 0.3 is 18.0 Å². The van der Waals surface area contributed by atoms with Crippen molar-refractivity contribution in [3.05, 3.63) is 35.9 Å². The van der Waals surface area contributed by atoms with Crippen molar-refractivity contribution in [3.63, 3.8) is 0 Å². The summed E-state index contributed by atoms with van der Waals surface area (Å²) in [6, 6.07) is 10.3. The molecule has 4 rings (SSSR count). The van der Waals surface area contributed by atoms with Gasteiger partial charge in [-0.25, -0.2) is 9.59 Å². The average Bonchev–Trinajstić information content (AvgIpc) is 3.09. The molecule has 3 aliphatic rings. The van der Waals surface area contributed by atoms with Gasteiger partial charge in [-0.3, -0.25) is 9.63 Å². The minimum Gasteiger partial charge on any atom is -0.466 e. The third-order valence-electron chi connectivity index (χ3n) is 6.89. The van der Waals surface area contributed by atoms with Crippen LogP contribution in [0, 0.1) is 5.92 Å². The molecule has 0 aromatic heterocycles. The summed E-state index contributed by atoms with van der Waals surface area (Å²) in [5.41, 5.74) is 4.26. The van der Waals surface area contributed by atoms with Crippen LogP contribution in [0.15, 0.2) is 30.3 Å². The number of nitrogens with one attached hydrogen (secondary N) is 1. The number of carbonyl (C=O) groups excluding carboxylic acids is 3. The number of ether oxygens (including phenoxy) is 2. The van der Waals surface area contributed by atoms with E-state index in [4.69, 9.17) is 14.3 Å². The summed E-state index contributed by atoms with van der Waals surface area (Å²) in [6.45, 7) is 5.70. The lowest BCUT2D eigenvalue weighted by Gasteiger charge is -2.28. The lowest BCUT2D eigenvalue weighted by atomic mass is 9.86. The average molecular weight is 506 g/mol. The van der Waals surface area contributed by atoms with Crippen LogP contribution < -0.4 is 5.48 Å². The van der Waals surface area contributed by atoms with Gasteiger partial charge in [0.05, 0.1) is 31.8 Å². The molecule has 202 valence electrons. The third-order valence-corrected chi connectivity index (χ3v) is 6.89. The predicted octanol–water partition coefficient (Wildman–Crippen LogP) is 3.91. The Morgan fingerprint density at radius 3 is 2.22 bits per heavy atom. The number of amides is 2. The molecule has 2 aliphatic heterocycles. The second-order valence-corrected chi connectivity index (χ2v) is 9.24. The predicted molar refractivity (Wildman–Crippen MR) is 137 cm³/mol. The fourth-order valence-electron chi connectivity index (χ4n) is 4.85. The maximum absolute atomic E-state index is 11.7. The number of hydrogen-bond donors (Lipinski definition) is 1. The Kier molecular flexibility index (Phi) is 12.2. The number of piperidine rings is 1. The standard InChI is InChI=1S/C16H23NO3.C10H16N2O3.CH4/c1-2-19-16(18)14-8-10-15(11-9-14)17-20-12-13-6-4-3-5-7-13;1-3-15-9(13)8-5-4-7-6-12(8)10(14)11(7)2;/h3-7,14-15,17H,2,8-12H2,1H3;7-8H,3-6H2,1-2H3;1H4/t;7-,8+;/m.1./s1. The molecule has 1 aromatic carbocycles. The summed E-state index contributed by atoms with van der Waals surface area (Å²) in [4.78, 5) is 43.9. The van der Waals surface area contributed by atoms with Crippen LogP contribution in [0.4, 0.5) is 4.79 Å². The third kappa shape index (κ3) is 7.93. The lowest BCUT2D eigenvalue weighted by molar-refractivity contribution is -0.150. The Morgan fingerprint density at radius 1 is 0.944 bits per heavy atom. The Hall–Kier alpha value is -2.65. The largest absolute Gasteiger partial charge is 0.466 e. The number of hydrogen-bond acceptors (Lipinski definition) is 7. The number of rotatable bonds is 8. The molecule has 2 atom stereocenters. The molecule has 9 nitrogen and oxygen atoms in total. The van der Waals surface area contributed by atoms with Crippen molar-refractivity contribution in [3.8, 4) is 0 Å². The van der Waals surface area contributed by atoms with E-state index >= 15 is 0 Å². The molecule has 9 heteroatoms. The van der Waals surface area contributed by atoms with Crippen molar-refractivity contribution >= 4 is 18.0 Å². The molecular formula is C27H43N3O6. The Morgan fingerprint density at radius 2 is 1.58 bits per heavy atom. The Labute approximate surface area is 215 Å². The number of fused-ring (bicyclic) bond motifs is 2. The topological polar surface area (TPSA) is 97.4 Å². The van der Waals surface area contributed by atoms with Crippen LogP contribution in [0.3, 0.4) is 0 Å². The fourth-order valence-corrected chi connectivity index (χ4v) is 4.85. The first-order valence-corrected chi connectivity index (χ1v) is 12.7. The molecule has 2 saturated heterocycles. The van der Waals surface area contributed by atoms with Crippen LogP contribution in [0.2, 0.25) is 0 Å². The second kappa shape index (κ2) is 14.8. The van der Waals surface area contributed by atoms with Crippen molar-refractivity contribution in [2.24, 2.45) is 5.92 Å². The molecule has 2 amide bonds. The van der Waals surface area contributed by atoms with E-state index < -0.39 is 0 Å². The van der Waals surface area contributed by atoms with Gasteiger partial charge in [0.2, 0.25) is 0 Å². The van der Waals surface area contributed by atoms with Crippen LogP contribution in [-0.2, 0) is 30.5 Å².